The Kier molecular flexibility index (Phi) is 6.76. The second kappa shape index (κ2) is 9.26. The van der Waals surface area contributed by atoms with Crippen molar-refractivity contribution in [2.45, 2.75) is 32.7 Å². The lowest BCUT2D eigenvalue weighted by Gasteiger charge is -2.19. The largest absolute Gasteiger partial charge is 0.354 e. The zero-order valence-electron chi connectivity index (χ0n) is 16.0. The van der Waals surface area contributed by atoms with Crippen molar-refractivity contribution in [3.8, 4) is 0 Å². The van der Waals surface area contributed by atoms with Crippen LogP contribution in [0.3, 0.4) is 0 Å². The van der Waals surface area contributed by atoms with Gasteiger partial charge in [0.15, 0.2) is 0 Å². The molecule has 0 unspecified atom stereocenters. The molecule has 0 saturated carbocycles. The van der Waals surface area contributed by atoms with E-state index in [9.17, 15) is 4.79 Å². The molecule has 0 saturated heterocycles. The highest BCUT2D eigenvalue weighted by atomic mass is 35.5. The molecule has 0 aliphatic heterocycles. The molecule has 1 heterocycles. The molecule has 6 heteroatoms. The number of aromatic nitrogens is 2. The van der Waals surface area contributed by atoms with E-state index >= 15 is 0 Å². The fourth-order valence-corrected chi connectivity index (χ4v) is 3.46. The maximum Gasteiger partial charge on any atom is 0.241 e. The Hall–Kier alpha value is -2.30. The van der Waals surface area contributed by atoms with Crippen LogP contribution in [0.25, 0.3) is 0 Å². The van der Waals surface area contributed by atoms with Crippen LogP contribution in [0.5, 0.6) is 0 Å². The second-order valence-electron chi connectivity index (χ2n) is 6.97. The van der Waals surface area contributed by atoms with Crippen LogP contribution >= 0.6 is 23.2 Å². The van der Waals surface area contributed by atoms with Crippen molar-refractivity contribution < 1.29 is 4.79 Å². The highest BCUT2D eigenvalue weighted by Crippen LogP contribution is 2.23. The molecule has 2 aromatic carbocycles. The van der Waals surface area contributed by atoms with E-state index in [1.807, 2.05) is 68.4 Å². The number of nitrogens with zero attached hydrogens (tertiary/aromatic N) is 2. The van der Waals surface area contributed by atoms with Crippen LogP contribution in [0.1, 0.15) is 28.4 Å². The van der Waals surface area contributed by atoms with Gasteiger partial charge in [-0.15, -0.1) is 0 Å². The van der Waals surface area contributed by atoms with Crippen LogP contribution in [-0.2, 0) is 17.8 Å². The molecule has 1 aromatic heterocycles. The molecule has 0 radical (unpaired) electrons. The van der Waals surface area contributed by atoms with Gasteiger partial charge < -0.3 is 5.32 Å². The summed E-state index contributed by atoms with van der Waals surface area (Å²) in [7, 11) is 0. The Labute approximate surface area is 175 Å². The number of carbonyl (C=O) groups is 1. The summed E-state index contributed by atoms with van der Waals surface area (Å²) >= 11 is 12.0. The number of hydrogen-bond acceptors (Lipinski definition) is 2. The summed E-state index contributed by atoms with van der Waals surface area (Å²) < 4.78 is 1.72. The zero-order chi connectivity index (χ0) is 20.1. The quantitative estimate of drug-likeness (QED) is 0.593. The van der Waals surface area contributed by atoms with Crippen LogP contribution in [0.15, 0.2) is 54.6 Å². The van der Waals surface area contributed by atoms with Crippen molar-refractivity contribution >= 4 is 29.1 Å². The number of halogens is 2. The third-order valence-corrected chi connectivity index (χ3v) is 5.18. The summed E-state index contributed by atoms with van der Waals surface area (Å²) in [5.41, 5.74) is 4.18. The van der Waals surface area contributed by atoms with Crippen LogP contribution < -0.4 is 5.32 Å². The standard InChI is InChI=1S/C22H23Cl2N3O/c1-15-11-16(2)27(26-15)14-22(28)25-13-19(18-5-9-21(24)10-6-18)12-17-3-7-20(23)8-4-17/h3-11,19H,12-14H2,1-2H3,(H,25,28)/t19-/m0/s1. The topological polar surface area (TPSA) is 46.9 Å². The fraction of sp³-hybridized carbons (Fsp3) is 0.273. The molecular formula is C22H23Cl2N3O. The van der Waals surface area contributed by atoms with E-state index in [0.717, 1.165) is 28.9 Å². The number of hydrogen-bond donors (Lipinski definition) is 1. The lowest BCUT2D eigenvalue weighted by molar-refractivity contribution is -0.121. The second-order valence-corrected chi connectivity index (χ2v) is 7.84. The molecular weight excluding hydrogens is 393 g/mol. The first-order valence-corrected chi connectivity index (χ1v) is 9.94. The van der Waals surface area contributed by atoms with Crippen molar-refractivity contribution in [1.29, 1.82) is 0 Å². The molecule has 146 valence electrons. The highest BCUT2D eigenvalue weighted by molar-refractivity contribution is 6.30. The molecule has 1 atom stereocenters. The third kappa shape index (κ3) is 5.60. The molecule has 0 aliphatic rings. The van der Waals surface area contributed by atoms with Gasteiger partial charge in [-0.25, -0.2) is 0 Å². The molecule has 3 aromatic rings. The van der Waals surface area contributed by atoms with Gasteiger partial charge in [-0.1, -0.05) is 47.5 Å². The normalized spacial score (nSPS) is 12.0. The highest BCUT2D eigenvalue weighted by Gasteiger charge is 2.15. The zero-order valence-corrected chi connectivity index (χ0v) is 17.5. The van der Waals surface area contributed by atoms with E-state index < -0.39 is 0 Å². The average molecular weight is 416 g/mol. The minimum Gasteiger partial charge on any atom is -0.354 e. The lowest BCUT2D eigenvalue weighted by atomic mass is 9.92. The number of aryl methyl sites for hydroxylation is 2. The number of nitrogens with one attached hydrogen (secondary N) is 1. The first-order chi connectivity index (χ1) is 13.4. The smallest absolute Gasteiger partial charge is 0.241 e. The van der Waals surface area contributed by atoms with Crippen molar-refractivity contribution in [1.82, 2.24) is 15.1 Å². The van der Waals surface area contributed by atoms with E-state index in [0.29, 0.717) is 16.6 Å². The number of carbonyl (C=O) groups excluding carboxylic acids is 1. The molecule has 4 nitrogen and oxygen atoms in total. The maximum absolute atomic E-state index is 12.5. The predicted molar refractivity (Wildman–Crippen MR) is 114 cm³/mol. The number of rotatable bonds is 7. The molecule has 1 amide bonds. The molecule has 0 bridgehead atoms. The van der Waals surface area contributed by atoms with Gasteiger partial charge in [0, 0.05) is 28.2 Å². The minimum atomic E-state index is -0.0544. The maximum atomic E-state index is 12.5. The van der Waals surface area contributed by atoms with Gasteiger partial charge in [0.05, 0.1) is 5.69 Å². The van der Waals surface area contributed by atoms with Crippen LogP contribution in [0.2, 0.25) is 10.0 Å². The number of amides is 1. The third-order valence-electron chi connectivity index (χ3n) is 4.68. The van der Waals surface area contributed by atoms with Gasteiger partial charge in [-0.3, -0.25) is 9.48 Å². The summed E-state index contributed by atoms with van der Waals surface area (Å²) in [6.07, 6.45) is 0.791. The van der Waals surface area contributed by atoms with Crippen LogP contribution in [-0.4, -0.2) is 22.2 Å². The summed E-state index contributed by atoms with van der Waals surface area (Å²) in [6.45, 7) is 4.62. The Morgan fingerprint density at radius 1 is 1.04 bits per heavy atom. The summed E-state index contributed by atoms with van der Waals surface area (Å²) in [5.74, 6) is 0.0733. The lowest BCUT2D eigenvalue weighted by Crippen LogP contribution is -2.32. The Bertz CT molecular complexity index is 933. The van der Waals surface area contributed by atoms with E-state index in [-0.39, 0.29) is 18.4 Å². The van der Waals surface area contributed by atoms with Crippen LogP contribution in [0, 0.1) is 13.8 Å². The van der Waals surface area contributed by atoms with Crippen molar-refractivity contribution in [2.24, 2.45) is 0 Å². The molecule has 0 fully saturated rings. The van der Waals surface area contributed by atoms with Crippen molar-refractivity contribution in [3.05, 3.63) is 87.2 Å². The van der Waals surface area contributed by atoms with Gasteiger partial charge in [0.25, 0.3) is 0 Å². The van der Waals surface area contributed by atoms with Gasteiger partial charge in [0.2, 0.25) is 5.91 Å². The average Bonchev–Trinajstić information content (AvgIpc) is 2.98. The van der Waals surface area contributed by atoms with Crippen LogP contribution in [0.4, 0.5) is 0 Å². The molecule has 28 heavy (non-hydrogen) atoms. The van der Waals surface area contributed by atoms with Gasteiger partial charge in [-0.05, 0) is 61.7 Å². The predicted octanol–water partition coefficient (Wildman–Crippen LogP) is 4.95. The molecule has 0 spiro atoms. The van der Waals surface area contributed by atoms with Gasteiger partial charge >= 0.3 is 0 Å². The summed E-state index contributed by atoms with van der Waals surface area (Å²) in [4.78, 5) is 12.5. The van der Waals surface area contributed by atoms with Gasteiger partial charge in [-0.2, -0.15) is 5.10 Å². The molecule has 1 N–H and O–H groups in total. The van der Waals surface area contributed by atoms with Crippen molar-refractivity contribution in [2.75, 3.05) is 6.54 Å². The molecule has 0 aliphatic carbocycles. The Balaban J connectivity index is 1.69. The van der Waals surface area contributed by atoms with Crippen molar-refractivity contribution in [3.63, 3.8) is 0 Å². The minimum absolute atomic E-state index is 0.0544. The Morgan fingerprint density at radius 2 is 1.64 bits per heavy atom. The summed E-state index contributed by atoms with van der Waals surface area (Å²) in [6, 6.07) is 17.5. The van der Waals surface area contributed by atoms with E-state index in [1.54, 1.807) is 4.68 Å². The molecule has 3 rings (SSSR count). The first kappa shape index (κ1) is 20.4. The number of benzene rings is 2. The van der Waals surface area contributed by atoms with E-state index in [1.165, 1.54) is 0 Å². The first-order valence-electron chi connectivity index (χ1n) is 9.18. The summed E-state index contributed by atoms with van der Waals surface area (Å²) in [5, 5.41) is 8.81. The SMILES string of the molecule is Cc1cc(C)n(CC(=O)NC[C@H](Cc2ccc(Cl)cc2)c2ccc(Cl)cc2)n1. The van der Waals surface area contributed by atoms with Gasteiger partial charge in [0.1, 0.15) is 6.54 Å². The van der Waals surface area contributed by atoms with E-state index in [4.69, 9.17) is 23.2 Å². The monoisotopic (exact) mass is 415 g/mol. The van der Waals surface area contributed by atoms with E-state index in [2.05, 4.69) is 10.4 Å². The Morgan fingerprint density at radius 3 is 2.21 bits per heavy atom. The fourth-order valence-electron chi connectivity index (χ4n) is 3.21.